The molecule has 1 atom stereocenters. The molecule has 19 heavy (non-hydrogen) atoms. The monoisotopic (exact) mass is 275 g/mol. The Bertz CT molecular complexity index is 412. The summed E-state index contributed by atoms with van der Waals surface area (Å²) in [6.45, 7) is 0.952. The van der Waals surface area contributed by atoms with E-state index in [-0.39, 0.29) is 12.0 Å². The van der Waals surface area contributed by atoms with E-state index in [1.54, 1.807) is 0 Å². The minimum Gasteiger partial charge on any atom is -0.304 e. The molecular weight excluding hydrogens is 258 g/mol. The van der Waals surface area contributed by atoms with E-state index >= 15 is 0 Å². The number of hydrogen-bond acceptors (Lipinski definition) is 1. The molecule has 1 fully saturated rings. The smallest absolute Gasteiger partial charge is 0.304 e. The van der Waals surface area contributed by atoms with E-state index in [4.69, 9.17) is 0 Å². The van der Waals surface area contributed by atoms with Crippen molar-refractivity contribution >= 4 is 0 Å². The minimum atomic E-state index is -3.97. The summed E-state index contributed by atoms with van der Waals surface area (Å²) in [6, 6.07) is 7.28. The van der Waals surface area contributed by atoms with Crippen LogP contribution in [0.15, 0.2) is 24.3 Å². The van der Waals surface area contributed by atoms with Crippen LogP contribution in [0.1, 0.15) is 30.0 Å². The van der Waals surface area contributed by atoms with Gasteiger partial charge in [-0.25, -0.2) is 8.78 Å². The van der Waals surface area contributed by atoms with Gasteiger partial charge in [-0.2, -0.15) is 8.78 Å². The Kier molecular flexibility index (Phi) is 4.13. The lowest BCUT2D eigenvalue weighted by Gasteiger charge is -2.23. The first-order chi connectivity index (χ1) is 8.90. The summed E-state index contributed by atoms with van der Waals surface area (Å²) in [4.78, 5) is 0. The van der Waals surface area contributed by atoms with Crippen LogP contribution in [0.3, 0.4) is 0 Å². The highest BCUT2D eigenvalue weighted by atomic mass is 19.3. The highest BCUT2D eigenvalue weighted by Gasteiger charge is 2.42. The second-order valence-corrected chi connectivity index (χ2v) is 5.17. The number of aryl methyl sites for hydroxylation is 1. The Labute approximate surface area is 110 Å². The second-order valence-electron chi connectivity index (χ2n) is 5.17. The first kappa shape index (κ1) is 14.3. The molecule has 0 heterocycles. The highest BCUT2D eigenvalue weighted by molar-refractivity contribution is 5.25. The lowest BCUT2D eigenvalue weighted by molar-refractivity contribution is -0.126. The van der Waals surface area contributed by atoms with Gasteiger partial charge in [0.05, 0.1) is 6.54 Å². The molecule has 0 spiro atoms. The van der Waals surface area contributed by atoms with Crippen LogP contribution in [0, 0.1) is 12.8 Å². The lowest BCUT2D eigenvalue weighted by atomic mass is 10.0. The summed E-state index contributed by atoms with van der Waals surface area (Å²) in [5.74, 6) is -3.70. The van der Waals surface area contributed by atoms with E-state index in [2.05, 4.69) is 5.32 Å². The van der Waals surface area contributed by atoms with Crippen LogP contribution in [0.4, 0.5) is 17.6 Å². The summed E-state index contributed by atoms with van der Waals surface area (Å²) in [7, 11) is 0. The molecule has 0 bridgehead atoms. The maximum Gasteiger partial charge on any atom is 0.319 e. The summed E-state index contributed by atoms with van der Waals surface area (Å²) in [6.07, 6.45) is -1.73. The van der Waals surface area contributed by atoms with E-state index in [1.807, 2.05) is 31.2 Å². The molecule has 1 saturated carbocycles. The summed E-state index contributed by atoms with van der Waals surface area (Å²) in [5.41, 5.74) is 1.97. The molecule has 5 heteroatoms. The van der Waals surface area contributed by atoms with Crippen LogP contribution in [0.25, 0.3) is 0 Å². The van der Waals surface area contributed by atoms with Crippen LogP contribution in [0.2, 0.25) is 0 Å². The number of halogens is 4. The Hall–Kier alpha value is -1.10. The molecule has 0 aromatic heterocycles. The molecular formula is C14H17F4N. The summed E-state index contributed by atoms with van der Waals surface area (Å²) in [5, 5.41) is 2.61. The highest BCUT2D eigenvalue weighted by Crippen LogP contribution is 2.41. The maximum atomic E-state index is 13.0. The van der Waals surface area contributed by atoms with Crippen molar-refractivity contribution in [2.75, 3.05) is 6.54 Å². The third-order valence-electron chi connectivity index (χ3n) is 3.41. The van der Waals surface area contributed by atoms with E-state index < -0.39 is 18.9 Å². The van der Waals surface area contributed by atoms with Crippen molar-refractivity contribution in [2.24, 2.45) is 5.92 Å². The van der Waals surface area contributed by atoms with Gasteiger partial charge in [0.2, 0.25) is 0 Å². The zero-order valence-corrected chi connectivity index (χ0v) is 10.7. The molecule has 1 aromatic carbocycles. The van der Waals surface area contributed by atoms with Gasteiger partial charge in [-0.05, 0) is 31.2 Å². The fourth-order valence-electron chi connectivity index (χ4n) is 2.08. The number of hydrogen-bond donors (Lipinski definition) is 1. The number of alkyl halides is 4. The van der Waals surface area contributed by atoms with Crippen molar-refractivity contribution in [2.45, 2.75) is 38.2 Å². The van der Waals surface area contributed by atoms with Crippen molar-refractivity contribution < 1.29 is 17.6 Å². The van der Waals surface area contributed by atoms with Gasteiger partial charge in [0.15, 0.2) is 0 Å². The zero-order valence-electron chi connectivity index (χ0n) is 10.7. The Morgan fingerprint density at radius 2 is 1.79 bits per heavy atom. The largest absolute Gasteiger partial charge is 0.319 e. The van der Waals surface area contributed by atoms with Gasteiger partial charge < -0.3 is 5.32 Å². The van der Waals surface area contributed by atoms with Crippen molar-refractivity contribution in [3.63, 3.8) is 0 Å². The molecule has 1 nitrogen and oxygen atoms in total. The van der Waals surface area contributed by atoms with Gasteiger partial charge in [-0.15, -0.1) is 0 Å². The standard InChI is InChI=1S/C14H17F4N/c1-9-2-4-10(5-3-9)12(11-6-7-11)19-8-14(17,18)13(15)16/h2-5,11-13,19H,6-8H2,1H3. The minimum absolute atomic E-state index is 0.259. The van der Waals surface area contributed by atoms with Crippen molar-refractivity contribution in [3.05, 3.63) is 35.4 Å². The number of nitrogens with one attached hydrogen (secondary N) is 1. The van der Waals surface area contributed by atoms with E-state index in [0.717, 1.165) is 24.0 Å². The normalized spacial score (nSPS) is 17.8. The van der Waals surface area contributed by atoms with Crippen LogP contribution in [-0.4, -0.2) is 18.9 Å². The van der Waals surface area contributed by atoms with Crippen LogP contribution in [0.5, 0.6) is 0 Å². The van der Waals surface area contributed by atoms with Gasteiger partial charge in [0.1, 0.15) is 0 Å². The zero-order chi connectivity index (χ0) is 14.0. The Morgan fingerprint density at radius 1 is 1.21 bits per heavy atom. The second kappa shape index (κ2) is 5.49. The average molecular weight is 275 g/mol. The first-order valence-corrected chi connectivity index (χ1v) is 6.36. The van der Waals surface area contributed by atoms with E-state index in [0.29, 0.717) is 0 Å². The topological polar surface area (TPSA) is 12.0 Å². The fourth-order valence-corrected chi connectivity index (χ4v) is 2.08. The third kappa shape index (κ3) is 3.69. The van der Waals surface area contributed by atoms with Crippen LogP contribution < -0.4 is 5.32 Å². The van der Waals surface area contributed by atoms with E-state index in [9.17, 15) is 17.6 Å². The molecule has 2 rings (SSSR count). The SMILES string of the molecule is Cc1ccc(C(NCC(F)(F)C(F)F)C2CC2)cc1. The first-order valence-electron chi connectivity index (χ1n) is 6.36. The maximum absolute atomic E-state index is 13.0. The molecule has 1 aliphatic carbocycles. The quantitative estimate of drug-likeness (QED) is 0.775. The molecule has 1 N–H and O–H groups in total. The molecule has 0 saturated heterocycles. The summed E-state index contributed by atoms with van der Waals surface area (Å²) < 4.78 is 50.2. The van der Waals surface area contributed by atoms with Gasteiger partial charge in [-0.1, -0.05) is 29.8 Å². The number of rotatable bonds is 6. The molecule has 1 unspecified atom stereocenters. The van der Waals surface area contributed by atoms with Gasteiger partial charge in [0, 0.05) is 6.04 Å². The summed E-state index contributed by atoms with van der Waals surface area (Å²) >= 11 is 0. The van der Waals surface area contributed by atoms with Crippen molar-refractivity contribution in [1.29, 1.82) is 0 Å². The predicted octanol–water partition coefficient (Wildman–Crippen LogP) is 3.94. The van der Waals surface area contributed by atoms with Crippen molar-refractivity contribution in [1.82, 2.24) is 5.32 Å². The molecule has 106 valence electrons. The van der Waals surface area contributed by atoms with Crippen molar-refractivity contribution in [3.8, 4) is 0 Å². The van der Waals surface area contributed by atoms with Crippen LogP contribution >= 0.6 is 0 Å². The van der Waals surface area contributed by atoms with E-state index in [1.165, 1.54) is 0 Å². The van der Waals surface area contributed by atoms with Gasteiger partial charge in [-0.3, -0.25) is 0 Å². The Balaban J connectivity index is 2.03. The average Bonchev–Trinajstić information content (AvgIpc) is 3.16. The molecule has 1 aromatic rings. The molecule has 0 amide bonds. The lowest BCUT2D eigenvalue weighted by Crippen LogP contribution is -2.40. The molecule has 1 aliphatic rings. The Morgan fingerprint density at radius 3 is 2.26 bits per heavy atom. The van der Waals surface area contributed by atoms with Crippen LogP contribution in [-0.2, 0) is 0 Å². The van der Waals surface area contributed by atoms with Gasteiger partial charge in [0.25, 0.3) is 0 Å². The third-order valence-corrected chi connectivity index (χ3v) is 3.41. The fraction of sp³-hybridized carbons (Fsp3) is 0.571. The number of benzene rings is 1. The molecule has 0 radical (unpaired) electrons. The molecule has 0 aliphatic heterocycles. The van der Waals surface area contributed by atoms with Gasteiger partial charge >= 0.3 is 12.3 Å². The predicted molar refractivity (Wildman–Crippen MR) is 65.6 cm³/mol.